The Morgan fingerprint density at radius 3 is 2.25 bits per heavy atom. The van der Waals surface area contributed by atoms with Crippen molar-refractivity contribution in [3.63, 3.8) is 0 Å². The number of nitrogens with one attached hydrogen (secondary N) is 3. The fourth-order valence-corrected chi connectivity index (χ4v) is 7.29. The SMILES string of the molecule is COc1cc(C(=O)Nc2nc3ccc(S(=O)(=O)N(C[C@H](O)[C@H](Cc4ccccc4)NC(=O)OC(C)(C)C)OC4CCCC4)cc3[nH]2)cc(OC)c1OC. The summed E-state index contributed by atoms with van der Waals surface area (Å²) >= 11 is 0. The van der Waals surface area contributed by atoms with E-state index >= 15 is 0 Å². The molecule has 1 saturated carbocycles. The predicted molar refractivity (Wildman–Crippen MR) is 197 cm³/mol. The molecule has 1 aliphatic carbocycles. The first kappa shape index (κ1) is 39.3. The molecule has 4 aromatic rings. The maximum absolute atomic E-state index is 14.3. The first-order valence-corrected chi connectivity index (χ1v) is 18.7. The third-order valence-electron chi connectivity index (χ3n) is 8.55. The minimum Gasteiger partial charge on any atom is -0.493 e. The third-order valence-corrected chi connectivity index (χ3v) is 10.2. The third kappa shape index (κ3) is 9.95. The molecule has 16 heteroatoms. The molecule has 0 unspecified atom stereocenters. The highest BCUT2D eigenvalue weighted by Gasteiger charge is 2.35. The van der Waals surface area contributed by atoms with Crippen molar-refractivity contribution in [2.75, 3.05) is 33.2 Å². The van der Waals surface area contributed by atoms with E-state index in [1.54, 1.807) is 20.8 Å². The summed E-state index contributed by atoms with van der Waals surface area (Å²) in [5, 5.41) is 17.0. The smallest absolute Gasteiger partial charge is 0.407 e. The van der Waals surface area contributed by atoms with Crippen LogP contribution in [0.3, 0.4) is 0 Å². The predicted octanol–water partition coefficient (Wildman–Crippen LogP) is 5.20. The lowest BCUT2D eigenvalue weighted by Crippen LogP contribution is -2.51. The summed E-state index contributed by atoms with van der Waals surface area (Å²) in [6.07, 6.45) is 0.735. The second-order valence-electron chi connectivity index (χ2n) is 13.6. The molecule has 1 heterocycles. The number of carbonyl (C=O) groups is 2. The lowest BCUT2D eigenvalue weighted by atomic mass is 10.0. The van der Waals surface area contributed by atoms with Crippen LogP contribution in [0.25, 0.3) is 11.0 Å². The van der Waals surface area contributed by atoms with E-state index in [2.05, 4.69) is 20.6 Å². The van der Waals surface area contributed by atoms with Crippen molar-refractivity contribution in [2.45, 2.75) is 81.6 Å². The summed E-state index contributed by atoms with van der Waals surface area (Å²) in [4.78, 5) is 39.4. The molecule has 0 bridgehead atoms. The van der Waals surface area contributed by atoms with Crippen LogP contribution in [-0.2, 0) is 26.0 Å². The Bertz CT molecular complexity index is 1970. The number of aliphatic hydroxyl groups is 1. The van der Waals surface area contributed by atoms with Crippen molar-refractivity contribution in [1.29, 1.82) is 0 Å². The molecular formula is C37H47N5O10S. The van der Waals surface area contributed by atoms with Gasteiger partial charge in [-0.15, -0.1) is 0 Å². The molecule has 1 aliphatic rings. The fraction of sp³-hybridized carbons (Fsp3) is 0.432. The van der Waals surface area contributed by atoms with E-state index in [0.29, 0.717) is 29.6 Å². The van der Waals surface area contributed by atoms with E-state index in [4.69, 9.17) is 23.8 Å². The molecule has 53 heavy (non-hydrogen) atoms. The van der Waals surface area contributed by atoms with Gasteiger partial charge in [0, 0.05) is 5.56 Å². The normalized spacial score (nSPS) is 14.9. The van der Waals surface area contributed by atoms with Gasteiger partial charge in [0.25, 0.3) is 15.9 Å². The second-order valence-corrected chi connectivity index (χ2v) is 15.5. The number of aromatic amines is 1. The number of amides is 2. The Balaban J connectivity index is 1.40. The van der Waals surface area contributed by atoms with Crippen molar-refractivity contribution in [3.05, 3.63) is 71.8 Å². The number of methoxy groups -OCH3 is 3. The van der Waals surface area contributed by atoms with Gasteiger partial charge < -0.3 is 34.4 Å². The topological polar surface area (TPSA) is 191 Å². The molecule has 1 fully saturated rings. The molecule has 3 aromatic carbocycles. The average Bonchev–Trinajstić information content (AvgIpc) is 3.79. The highest BCUT2D eigenvalue weighted by molar-refractivity contribution is 7.89. The standard InChI is InChI=1S/C37H47N5O10S/c1-37(2,3)51-36(45)40-29(18-23-12-8-7-9-13-23)30(43)22-42(52-25-14-10-11-15-25)53(46,47)26-16-17-27-28(21-26)39-35(38-27)41-34(44)24-19-31(48-4)33(50-6)32(20-24)49-5/h7-9,12-13,16-17,19-21,25,29-30,43H,10-11,14-15,18,22H2,1-6H3,(H,40,45)(H2,38,39,41,44)/t29-,30-/m0/s1. The van der Waals surface area contributed by atoms with Crippen molar-refractivity contribution >= 4 is 39.0 Å². The summed E-state index contributed by atoms with van der Waals surface area (Å²) in [7, 11) is -0.0508. The molecule has 0 spiro atoms. The molecular weight excluding hydrogens is 706 g/mol. The van der Waals surface area contributed by atoms with Crippen LogP contribution in [0.4, 0.5) is 10.7 Å². The van der Waals surface area contributed by atoms with Gasteiger partial charge in [-0.2, -0.15) is 0 Å². The van der Waals surface area contributed by atoms with Crippen LogP contribution in [-0.4, -0.2) is 91.7 Å². The van der Waals surface area contributed by atoms with Crippen molar-refractivity contribution in [3.8, 4) is 17.2 Å². The summed E-state index contributed by atoms with van der Waals surface area (Å²) in [6.45, 7) is 4.69. The van der Waals surface area contributed by atoms with Crippen LogP contribution in [0, 0.1) is 0 Å². The van der Waals surface area contributed by atoms with Crippen LogP contribution >= 0.6 is 0 Å². The van der Waals surface area contributed by atoms with Gasteiger partial charge in [0.2, 0.25) is 11.7 Å². The number of carbonyl (C=O) groups excluding carboxylic acids is 2. The number of imidazole rings is 1. The number of hydrogen-bond acceptors (Lipinski definition) is 11. The van der Waals surface area contributed by atoms with Gasteiger partial charge in [0.1, 0.15) is 5.60 Å². The van der Waals surface area contributed by atoms with Crippen molar-refractivity contribution in [1.82, 2.24) is 19.8 Å². The Morgan fingerprint density at radius 2 is 1.64 bits per heavy atom. The van der Waals surface area contributed by atoms with Crippen molar-refractivity contribution < 1.29 is 46.9 Å². The maximum atomic E-state index is 14.3. The van der Waals surface area contributed by atoms with E-state index in [1.165, 1.54) is 51.7 Å². The van der Waals surface area contributed by atoms with Crippen LogP contribution in [0.5, 0.6) is 17.2 Å². The van der Waals surface area contributed by atoms with Gasteiger partial charge in [0.05, 0.1) is 62.1 Å². The molecule has 1 aromatic heterocycles. The van der Waals surface area contributed by atoms with Gasteiger partial charge in [0.15, 0.2) is 11.5 Å². The Hall–Kier alpha value is -4.90. The number of hydrogen-bond donors (Lipinski definition) is 4. The molecule has 0 radical (unpaired) electrons. The molecule has 286 valence electrons. The molecule has 4 N–H and O–H groups in total. The number of hydroxylamine groups is 1. The second kappa shape index (κ2) is 16.8. The molecule has 5 rings (SSSR count). The Kier molecular flexibility index (Phi) is 12.5. The minimum absolute atomic E-state index is 0.0692. The number of sulfonamides is 1. The summed E-state index contributed by atoms with van der Waals surface area (Å²) < 4.78 is 50.8. The lowest BCUT2D eigenvalue weighted by Gasteiger charge is -2.31. The first-order chi connectivity index (χ1) is 25.2. The number of H-pyrrole nitrogens is 1. The van der Waals surface area contributed by atoms with Gasteiger partial charge in [-0.05, 0) is 75.9 Å². The Labute approximate surface area is 308 Å². The fourth-order valence-electron chi connectivity index (χ4n) is 5.97. The van der Waals surface area contributed by atoms with Crippen LogP contribution < -0.4 is 24.8 Å². The average molecular weight is 754 g/mol. The maximum Gasteiger partial charge on any atom is 0.407 e. The van der Waals surface area contributed by atoms with E-state index < -0.39 is 46.3 Å². The largest absolute Gasteiger partial charge is 0.493 e. The molecule has 2 amide bonds. The summed E-state index contributed by atoms with van der Waals surface area (Å²) in [5.74, 6) is 0.440. The van der Waals surface area contributed by atoms with E-state index in [0.717, 1.165) is 22.9 Å². The van der Waals surface area contributed by atoms with Gasteiger partial charge in [-0.1, -0.05) is 47.6 Å². The van der Waals surface area contributed by atoms with Crippen LogP contribution in [0.2, 0.25) is 0 Å². The van der Waals surface area contributed by atoms with Crippen LogP contribution in [0.1, 0.15) is 62.4 Å². The highest BCUT2D eigenvalue weighted by Crippen LogP contribution is 2.38. The van der Waals surface area contributed by atoms with Gasteiger partial charge >= 0.3 is 6.09 Å². The molecule has 15 nitrogen and oxygen atoms in total. The first-order valence-electron chi connectivity index (χ1n) is 17.2. The van der Waals surface area contributed by atoms with E-state index in [9.17, 15) is 23.1 Å². The zero-order valence-corrected chi connectivity index (χ0v) is 31.5. The number of aliphatic hydroxyl groups excluding tert-OH is 1. The zero-order chi connectivity index (χ0) is 38.3. The van der Waals surface area contributed by atoms with Gasteiger partial charge in [-0.3, -0.25) is 14.9 Å². The molecule has 0 aliphatic heterocycles. The number of alkyl carbamates (subject to hydrolysis) is 1. The van der Waals surface area contributed by atoms with Gasteiger partial charge in [-0.25, -0.2) is 18.2 Å². The summed E-state index contributed by atoms with van der Waals surface area (Å²) in [6, 6.07) is 15.5. The molecule has 0 saturated heterocycles. The number of rotatable bonds is 15. The van der Waals surface area contributed by atoms with E-state index in [-0.39, 0.29) is 40.4 Å². The quantitative estimate of drug-likeness (QED) is 0.117. The number of fused-ring (bicyclic) bond motifs is 1. The zero-order valence-electron chi connectivity index (χ0n) is 30.7. The number of aromatic nitrogens is 2. The number of nitrogens with zero attached hydrogens (tertiary/aromatic N) is 2. The minimum atomic E-state index is -4.39. The number of anilines is 1. The molecule has 2 atom stereocenters. The van der Waals surface area contributed by atoms with Crippen LogP contribution in [0.15, 0.2) is 65.6 Å². The lowest BCUT2D eigenvalue weighted by molar-refractivity contribution is -0.145. The number of benzene rings is 3. The van der Waals surface area contributed by atoms with E-state index in [1.807, 2.05) is 30.3 Å². The summed E-state index contributed by atoms with van der Waals surface area (Å²) in [5.41, 5.74) is 0.931. The van der Waals surface area contributed by atoms with Crippen molar-refractivity contribution in [2.24, 2.45) is 0 Å². The number of ether oxygens (including phenoxy) is 4. The monoisotopic (exact) mass is 753 g/mol. The highest BCUT2D eigenvalue weighted by atomic mass is 32.2. The Morgan fingerprint density at radius 1 is 0.981 bits per heavy atom.